The average molecular weight is 214 g/mol. The molecule has 2 heteroatoms. The van der Waals surface area contributed by atoms with Gasteiger partial charge in [-0.2, -0.15) is 0 Å². The van der Waals surface area contributed by atoms with Gasteiger partial charge in [-0.05, 0) is 23.6 Å². The van der Waals surface area contributed by atoms with Crippen LogP contribution in [0.4, 0.5) is 0 Å². The minimum atomic E-state index is 0.255. The summed E-state index contributed by atoms with van der Waals surface area (Å²) in [6.07, 6.45) is 5.11. The van der Waals surface area contributed by atoms with Crippen molar-refractivity contribution in [1.29, 1.82) is 0 Å². The topological polar surface area (TPSA) is 30.2 Å². The highest BCUT2D eigenvalue weighted by Crippen LogP contribution is 2.07. The van der Waals surface area contributed by atoms with Gasteiger partial charge in [-0.1, -0.05) is 30.3 Å². The maximum Gasteiger partial charge on any atom is 0.137 e. The van der Waals surface area contributed by atoms with E-state index in [0.29, 0.717) is 12.8 Å². The maximum absolute atomic E-state index is 11.6. The van der Waals surface area contributed by atoms with E-state index in [0.717, 1.165) is 12.0 Å². The number of rotatable bonds is 5. The van der Waals surface area contributed by atoms with Gasteiger partial charge >= 0.3 is 0 Å². The van der Waals surface area contributed by atoms with Gasteiger partial charge in [-0.25, -0.2) is 0 Å². The molecule has 0 atom stereocenters. The Kier molecular flexibility index (Phi) is 3.54. The third-order valence-corrected chi connectivity index (χ3v) is 2.52. The van der Waals surface area contributed by atoms with Gasteiger partial charge in [0.05, 0.1) is 12.5 Å². The SMILES string of the molecule is O=C(CCc1ccccc1)Cc1ccoc1. The zero-order chi connectivity index (χ0) is 11.2. The van der Waals surface area contributed by atoms with Crippen LogP contribution in [0.25, 0.3) is 0 Å². The summed E-state index contributed by atoms with van der Waals surface area (Å²) >= 11 is 0. The fraction of sp³-hybridized carbons (Fsp3) is 0.214. The van der Waals surface area contributed by atoms with Crippen LogP contribution in [0.3, 0.4) is 0 Å². The summed E-state index contributed by atoms with van der Waals surface area (Å²) in [5.74, 6) is 0.255. The van der Waals surface area contributed by atoms with Crippen molar-refractivity contribution in [3.8, 4) is 0 Å². The molecule has 1 heterocycles. The van der Waals surface area contributed by atoms with E-state index in [2.05, 4.69) is 0 Å². The highest BCUT2D eigenvalue weighted by molar-refractivity contribution is 5.80. The molecular formula is C14H14O2. The Bertz CT molecular complexity index is 429. The number of hydrogen-bond acceptors (Lipinski definition) is 2. The summed E-state index contributed by atoms with van der Waals surface area (Å²) in [5, 5.41) is 0. The van der Waals surface area contributed by atoms with E-state index in [1.165, 1.54) is 5.56 Å². The minimum Gasteiger partial charge on any atom is -0.472 e. The lowest BCUT2D eigenvalue weighted by molar-refractivity contribution is -0.118. The molecule has 0 aliphatic heterocycles. The van der Waals surface area contributed by atoms with Crippen LogP contribution in [0.15, 0.2) is 53.3 Å². The van der Waals surface area contributed by atoms with E-state index in [-0.39, 0.29) is 5.78 Å². The number of furan rings is 1. The molecule has 0 aliphatic carbocycles. The Morgan fingerprint density at radius 1 is 1.06 bits per heavy atom. The molecule has 0 saturated carbocycles. The molecule has 1 aromatic heterocycles. The molecule has 0 aliphatic rings. The van der Waals surface area contributed by atoms with Crippen LogP contribution in [0.1, 0.15) is 17.5 Å². The number of carbonyl (C=O) groups is 1. The Morgan fingerprint density at radius 2 is 1.88 bits per heavy atom. The smallest absolute Gasteiger partial charge is 0.137 e. The average Bonchev–Trinajstić information content (AvgIpc) is 2.81. The van der Waals surface area contributed by atoms with Crippen molar-refractivity contribution in [2.45, 2.75) is 19.3 Å². The summed E-state index contributed by atoms with van der Waals surface area (Å²) in [4.78, 5) is 11.6. The number of benzene rings is 1. The van der Waals surface area contributed by atoms with Crippen molar-refractivity contribution < 1.29 is 9.21 Å². The van der Waals surface area contributed by atoms with E-state index in [1.807, 2.05) is 36.4 Å². The van der Waals surface area contributed by atoms with Crippen molar-refractivity contribution in [3.05, 3.63) is 60.1 Å². The Morgan fingerprint density at radius 3 is 2.56 bits per heavy atom. The van der Waals surface area contributed by atoms with Crippen molar-refractivity contribution in [1.82, 2.24) is 0 Å². The van der Waals surface area contributed by atoms with E-state index in [1.54, 1.807) is 12.5 Å². The summed E-state index contributed by atoms with van der Waals surface area (Å²) < 4.78 is 4.93. The summed E-state index contributed by atoms with van der Waals surface area (Å²) in [5.41, 5.74) is 2.17. The molecule has 2 aromatic rings. The van der Waals surface area contributed by atoms with E-state index in [4.69, 9.17) is 4.42 Å². The summed E-state index contributed by atoms with van der Waals surface area (Å²) in [7, 11) is 0. The van der Waals surface area contributed by atoms with Gasteiger partial charge in [0.2, 0.25) is 0 Å². The third-order valence-electron chi connectivity index (χ3n) is 2.52. The van der Waals surface area contributed by atoms with E-state index >= 15 is 0 Å². The van der Waals surface area contributed by atoms with Crippen LogP contribution in [-0.2, 0) is 17.6 Å². The van der Waals surface area contributed by atoms with Crippen LogP contribution in [0.5, 0.6) is 0 Å². The molecule has 0 N–H and O–H groups in total. The van der Waals surface area contributed by atoms with Crippen molar-refractivity contribution in [2.24, 2.45) is 0 Å². The summed E-state index contributed by atoms with van der Waals surface area (Å²) in [6, 6.07) is 11.9. The first-order valence-electron chi connectivity index (χ1n) is 5.41. The molecule has 16 heavy (non-hydrogen) atoms. The first-order valence-corrected chi connectivity index (χ1v) is 5.41. The molecule has 2 nitrogen and oxygen atoms in total. The molecule has 1 aromatic carbocycles. The van der Waals surface area contributed by atoms with Gasteiger partial charge in [0.15, 0.2) is 0 Å². The molecule has 0 fully saturated rings. The van der Waals surface area contributed by atoms with E-state index in [9.17, 15) is 4.79 Å². The lowest BCUT2D eigenvalue weighted by Gasteiger charge is -1.99. The Hall–Kier alpha value is -1.83. The number of aryl methyl sites for hydroxylation is 1. The molecule has 0 amide bonds. The van der Waals surface area contributed by atoms with Gasteiger partial charge in [0.25, 0.3) is 0 Å². The largest absolute Gasteiger partial charge is 0.472 e. The van der Waals surface area contributed by atoms with Crippen molar-refractivity contribution >= 4 is 5.78 Å². The van der Waals surface area contributed by atoms with Gasteiger partial charge < -0.3 is 4.42 Å². The fourth-order valence-corrected chi connectivity index (χ4v) is 1.64. The first-order chi connectivity index (χ1) is 7.84. The predicted molar refractivity (Wildman–Crippen MR) is 62.2 cm³/mol. The fourth-order valence-electron chi connectivity index (χ4n) is 1.64. The third kappa shape index (κ3) is 3.09. The molecule has 0 unspecified atom stereocenters. The molecule has 0 saturated heterocycles. The van der Waals surface area contributed by atoms with E-state index < -0.39 is 0 Å². The van der Waals surface area contributed by atoms with Gasteiger partial charge in [-0.15, -0.1) is 0 Å². The molecule has 82 valence electrons. The summed E-state index contributed by atoms with van der Waals surface area (Å²) in [6.45, 7) is 0. The lowest BCUT2D eigenvalue weighted by Crippen LogP contribution is -2.03. The first kappa shape index (κ1) is 10.7. The van der Waals surface area contributed by atoms with Crippen LogP contribution >= 0.6 is 0 Å². The molecule has 0 spiro atoms. The van der Waals surface area contributed by atoms with Gasteiger partial charge in [0.1, 0.15) is 5.78 Å². The van der Waals surface area contributed by atoms with Crippen LogP contribution < -0.4 is 0 Å². The van der Waals surface area contributed by atoms with Gasteiger partial charge in [-0.3, -0.25) is 4.79 Å². The quantitative estimate of drug-likeness (QED) is 0.765. The van der Waals surface area contributed by atoms with Crippen molar-refractivity contribution in [2.75, 3.05) is 0 Å². The number of ketones is 1. The molecule has 0 bridgehead atoms. The zero-order valence-electron chi connectivity index (χ0n) is 9.06. The van der Waals surface area contributed by atoms with Crippen LogP contribution in [-0.4, -0.2) is 5.78 Å². The van der Waals surface area contributed by atoms with Crippen LogP contribution in [0, 0.1) is 0 Å². The molecule has 0 radical (unpaired) electrons. The monoisotopic (exact) mass is 214 g/mol. The Balaban J connectivity index is 1.80. The van der Waals surface area contributed by atoms with Gasteiger partial charge in [0, 0.05) is 12.8 Å². The van der Waals surface area contributed by atoms with Crippen LogP contribution in [0.2, 0.25) is 0 Å². The highest BCUT2D eigenvalue weighted by Gasteiger charge is 2.04. The highest BCUT2D eigenvalue weighted by atomic mass is 16.3. The Labute approximate surface area is 94.9 Å². The minimum absolute atomic E-state index is 0.255. The normalized spacial score (nSPS) is 10.2. The van der Waals surface area contributed by atoms with Crippen molar-refractivity contribution in [3.63, 3.8) is 0 Å². The number of hydrogen-bond donors (Lipinski definition) is 0. The lowest BCUT2D eigenvalue weighted by atomic mass is 10.0. The second-order valence-corrected chi connectivity index (χ2v) is 3.83. The zero-order valence-corrected chi connectivity index (χ0v) is 9.06. The standard InChI is InChI=1S/C14H14O2/c15-14(10-13-8-9-16-11-13)7-6-12-4-2-1-3-5-12/h1-5,8-9,11H,6-7,10H2. The predicted octanol–water partition coefficient (Wildman–Crippen LogP) is 3.02. The molecular weight excluding hydrogens is 200 g/mol. The second-order valence-electron chi connectivity index (χ2n) is 3.83. The second kappa shape index (κ2) is 5.31. The number of carbonyl (C=O) groups excluding carboxylic acids is 1. The molecule has 2 rings (SSSR count). The maximum atomic E-state index is 11.6. The number of Topliss-reactive ketones (excluding diaryl/α,β-unsaturated/α-hetero) is 1.